The molecule has 3 N–H and O–H groups in total. The van der Waals surface area contributed by atoms with Crippen LogP contribution >= 0.6 is 0 Å². The quantitative estimate of drug-likeness (QED) is 0.686. The Balaban J connectivity index is 2.07. The van der Waals surface area contributed by atoms with E-state index < -0.39 is 6.04 Å². The minimum absolute atomic E-state index is 0.179. The lowest BCUT2D eigenvalue weighted by molar-refractivity contribution is -0.105. The number of carbonyl (C=O) groups excluding carboxylic acids is 2. The Kier molecular flexibility index (Phi) is 5.88. The van der Waals surface area contributed by atoms with Crippen LogP contribution in [0.25, 0.3) is 0 Å². The molecular formula is C18H20N2O3. The van der Waals surface area contributed by atoms with Crippen molar-refractivity contribution < 1.29 is 14.7 Å². The van der Waals surface area contributed by atoms with Gasteiger partial charge in [-0.25, -0.2) is 0 Å². The van der Waals surface area contributed by atoms with Gasteiger partial charge in [-0.2, -0.15) is 0 Å². The summed E-state index contributed by atoms with van der Waals surface area (Å²) >= 11 is 0. The Morgan fingerprint density at radius 2 is 1.78 bits per heavy atom. The number of rotatable bonds is 7. The molecule has 0 bridgehead atoms. The predicted octanol–water partition coefficient (Wildman–Crippen LogP) is 2.28. The van der Waals surface area contributed by atoms with E-state index in [2.05, 4.69) is 17.6 Å². The minimum atomic E-state index is -0.457. The third kappa shape index (κ3) is 4.40. The average Bonchev–Trinajstić information content (AvgIpc) is 2.60. The fraction of sp³-hybridized carbons (Fsp3) is 0.222. The molecule has 0 spiro atoms. The van der Waals surface area contributed by atoms with E-state index in [0.29, 0.717) is 17.7 Å². The second kappa shape index (κ2) is 8.10. The van der Waals surface area contributed by atoms with E-state index >= 15 is 0 Å². The Labute approximate surface area is 135 Å². The molecule has 2 aromatic carbocycles. The molecule has 0 aromatic heterocycles. The molecule has 1 atom stereocenters. The topological polar surface area (TPSA) is 78.4 Å². The second-order valence-corrected chi connectivity index (χ2v) is 5.14. The number of hydrogen-bond donors (Lipinski definition) is 3. The van der Waals surface area contributed by atoms with Crippen LogP contribution in [0.1, 0.15) is 34.5 Å². The van der Waals surface area contributed by atoms with Crippen LogP contribution in [0, 0.1) is 0 Å². The van der Waals surface area contributed by atoms with Crippen molar-refractivity contribution in [3.8, 4) is 0 Å². The number of aryl methyl sites for hydroxylation is 1. The van der Waals surface area contributed by atoms with Crippen LogP contribution < -0.4 is 10.6 Å². The molecule has 2 aromatic rings. The van der Waals surface area contributed by atoms with Crippen molar-refractivity contribution >= 4 is 18.0 Å². The molecule has 0 saturated carbocycles. The molecule has 2 rings (SSSR count). The molecule has 0 saturated heterocycles. The van der Waals surface area contributed by atoms with Gasteiger partial charge in [-0.3, -0.25) is 9.59 Å². The number of carbonyl (C=O) groups is 2. The smallest absolute Gasteiger partial charge is 0.251 e. The van der Waals surface area contributed by atoms with E-state index in [4.69, 9.17) is 0 Å². The Morgan fingerprint density at radius 1 is 1.13 bits per heavy atom. The zero-order valence-corrected chi connectivity index (χ0v) is 13.0. The summed E-state index contributed by atoms with van der Waals surface area (Å²) in [4.78, 5) is 22.6. The number of hydrogen-bond acceptors (Lipinski definition) is 3. The van der Waals surface area contributed by atoms with E-state index in [-0.39, 0.29) is 12.5 Å². The number of benzene rings is 2. The maximum absolute atomic E-state index is 12.3. The average molecular weight is 312 g/mol. The minimum Gasteiger partial charge on any atom is -0.394 e. The first-order valence-corrected chi connectivity index (χ1v) is 7.48. The summed E-state index contributed by atoms with van der Waals surface area (Å²) in [5.41, 5.74) is 3.14. The summed E-state index contributed by atoms with van der Waals surface area (Å²) in [6, 6.07) is 13.9. The van der Waals surface area contributed by atoms with Crippen LogP contribution in [0.3, 0.4) is 0 Å². The molecule has 0 radical (unpaired) electrons. The normalized spacial score (nSPS) is 11.6. The molecule has 0 aliphatic carbocycles. The van der Waals surface area contributed by atoms with Gasteiger partial charge in [-0.15, -0.1) is 0 Å². The highest BCUT2D eigenvalue weighted by molar-refractivity contribution is 5.95. The van der Waals surface area contributed by atoms with E-state index in [1.807, 2.05) is 24.3 Å². The van der Waals surface area contributed by atoms with Crippen LogP contribution in [0.5, 0.6) is 0 Å². The largest absolute Gasteiger partial charge is 0.394 e. The monoisotopic (exact) mass is 312 g/mol. The Hall–Kier alpha value is -2.66. The third-order valence-electron chi connectivity index (χ3n) is 3.65. The van der Waals surface area contributed by atoms with Crippen molar-refractivity contribution in [1.29, 1.82) is 0 Å². The highest BCUT2D eigenvalue weighted by Gasteiger charge is 2.15. The van der Waals surface area contributed by atoms with Crippen molar-refractivity contribution in [3.05, 3.63) is 65.2 Å². The van der Waals surface area contributed by atoms with Crippen LogP contribution in [0.15, 0.2) is 48.5 Å². The van der Waals surface area contributed by atoms with Gasteiger partial charge in [0, 0.05) is 11.3 Å². The SMILES string of the molecule is CCc1ccc(C(CO)NC(=O)c2ccc(NC=O)cc2)cc1. The fourth-order valence-corrected chi connectivity index (χ4v) is 2.25. The van der Waals surface area contributed by atoms with Crippen LogP contribution in [0.4, 0.5) is 5.69 Å². The molecule has 23 heavy (non-hydrogen) atoms. The summed E-state index contributed by atoms with van der Waals surface area (Å²) in [5.74, 6) is -0.277. The highest BCUT2D eigenvalue weighted by atomic mass is 16.3. The standard InChI is InChI=1S/C18H20N2O3/c1-2-13-3-5-14(6-4-13)17(11-21)20-18(23)15-7-9-16(10-8-15)19-12-22/h3-10,12,17,21H,2,11H2,1H3,(H,19,22)(H,20,23). The lowest BCUT2D eigenvalue weighted by atomic mass is 10.0. The molecular weight excluding hydrogens is 292 g/mol. The predicted molar refractivity (Wildman–Crippen MR) is 89.2 cm³/mol. The van der Waals surface area contributed by atoms with Crippen molar-refractivity contribution in [2.24, 2.45) is 0 Å². The van der Waals surface area contributed by atoms with Gasteiger partial charge in [0.1, 0.15) is 0 Å². The number of amides is 2. The van der Waals surface area contributed by atoms with Gasteiger partial charge < -0.3 is 15.7 Å². The molecule has 0 aliphatic heterocycles. The summed E-state index contributed by atoms with van der Waals surface area (Å²) in [6.07, 6.45) is 1.52. The maximum Gasteiger partial charge on any atom is 0.251 e. The lowest BCUT2D eigenvalue weighted by Crippen LogP contribution is -2.30. The molecule has 0 fully saturated rings. The zero-order chi connectivity index (χ0) is 16.7. The van der Waals surface area contributed by atoms with Crippen molar-refractivity contribution in [3.63, 3.8) is 0 Å². The van der Waals surface area contributed by atoms with Gasteiger partial charge in [0.15, 0.2) is 0 Å². The van der Waals surface area contributed by atoms with Gasteiger partial charge in [0.25, 0.3) is 5.91 Å². The number of anilines is 1. The lowest BCUT2D eigenvalue weighted by Gasteiger charge is -2.17. The van der Waals surface area contributed by atoms with Gasteiger partial charge in [-0.05, 0) is 41.8 Å². The fourth-order valence-electron chi connectivity index (χ4n) is 2.25. The summed E-state index contributed by atoms with van der Waals surface area (Å²) in [5, 5.41) is 14.9. The van der Waals surface area contributed by atoms with E-state index in [1.165, 1.54) is 5.56 Å². The van der Waals surface area contributed by atoms with E-state index in [1.54, 1.807) is 24.3 Å². The first-order chi connectivity index (χ1) is 11.2. The van der Waals surface area contributed by atoms with Crippen molar-refractivity contribution in [1.82, 2.24) is 5.32 Å². The number of aliphatic hydroxyl groups excluding tert-OH is 1. The van der Waals surface area contributed by atoms with E-state index in [0.717, 1.165) is 12.0 Å². The molecule has 1 unspecified atom stereocenters. The van der Waals surface area contributed by atoms with Crippen LogP contribution in [-0.2, 0) is 11.2 Å². The van der Waals surface area contributed by atoms with Gasteiger partial charge >= 0.3 is 0 Å². The first-order valence-electron chi connectivity index (χ1n) is 7.48. The number of aliphatic hydroxyl groups is 1. The summed E-state index contributed by atoms with van der Waals surface area (Å²) in [6.45, 7) is 1.89. The van der Waals surface area contributed by atoms with Crippen LogP contribution in [-0.4, -0.2) is 24.0 Å². The third-order valence-corrected chi connectivity index (χ3v) is 3.65. The zero-order valence-electron chi connectivity index (χ0n) is 13.0. The Bertz CT molecular complexity index is 651. The van der Waals surface area contributed by atoms with Crippen LogP contribution in [0.2, 0.25) is 0 Å². The molecule has 5 heteroatoms. The molecule has 5 nitrogen and oxygen atoms in total. The van der Waals surface area contributed by atoms with E-state index in [9.17, 15) is 14.7 Å². The van der Waals surface area contributed by atoms with Crippen molar-refractivity contribution in [2.45, 2.75) is 19.4 Å². The van der Waals surface area contributed by atoms with Gasteiger partial charge in [0.05, 0.1) is 12.6 Å². The molecule has 0 aliphatic rings. The van der Waals surface area contributed by atoms with Gasteiger partial charge in [-0.1, -0.05) is 31.2 Å². The number of nitrogens with one attached hydrogen (secondary N) is 2. The second-order valence-electron chi connectivity index (χ2n) is 5.14. The Morgan fingerprint density at radius 3 is 2.30 bits per heavy atom. The summed E-state index contributed by atoms with van der Waals surface area (Å²) in [7, 11) is 0. The molecule has 0 heterocycles. The van der Waals surface area contributed by atoms with Crippen molar-refractivity contribution in [2.75, 3.05) is 11.9 Å². The highest BCUT2D eigenvalue weighted by Crippen LogP contribution is 2.16. The first kappa shape index (κ1) is 16.7. The molecule has 2 amide bonds. The summed E-state index contributed by atoms with van der Waals surface area (Å²) < 4.78 is 0. The van der Waals surface area contributed by atoms with Gasteiger partial charge in [0.2, 0.25) is 6.41 Å². The maximum atomic E-state index is 12.3. The molecule has 120 valence electrons.